The van der Waals surface area contributed by atoms with Crippen molar-refractivity contribution in [3.8, 4) is 5.75 Å². The van der Waals surface area contributed by atoms with E-state index in [0.717, 1.165) is 24.1 Å². The van der Waals surface area contributed by atoms with Gasteiger partial charge in [0.05, 0.1) is 16.7 Å². The quantitative estimate of drug-likeness (QED) is 0.850. The van der Waals surface area contributed by atoms with Gasteiger partial charge in [-0.3, -0.25) is 9.52 Å². The molecule has 27 heavy (non-hydrogen) atoms. The summed E-state index contributed by atoms with van der Waals surface area (Å²) in [5.41, 5.74) is 2.05. The normalized spacial score (nSPS) is 14.0. The van der Waals surface area contributed by atoms with E-state index >= 15 is 0 Å². The molecule has 1 aliphatic heterocycles. The predicted octanol–water partition coefficient (Wildman–Crippen LogP) is 3.57. The maximum atomic E-state index is 12.9. The van der Waals surface area contributed by atoms with E-state index in [1.807, 2.05) is 13.8 Å². The lowest BCUT2D eigenvalue weighted by molar-refractivity contribution is -0.116. The molecule has 0 aliphatic carbocycles. The summed E-state index contributed by atoms with van der Waals surface area (Å²) in [5, 5.41) is 0. The molecule has 1 amide bonds. The summed E-state index contributed by atoms with van der Waals surface area (Å²) in [6, 6.07) is 11.8. The second-order valence-electron chi connectivity index (χ2n) is 6.83. The summed E-state index contributed by atoms with van der Waals surface area (Å²) in [5.74, 6) is 0.446. The minimum absolute atomic E-state index is 0.0376. The number of rotatable bonds is 5. The molecule has 0 spiro atoms. The fraction of sp³-hybridized carbons (Fsp3) is 0.350. The Bertz CT molecular complexity index is 954. The Balaban J connectivity index is 1.92. The summed E-state index contributed by atoms with van der Waals surface area (Å²) in [7, 11) is -3.78. The van der Waals surface area contributed by atoms with Crippen LogP contribution < -0.4 is 14.4 Å². The average molecular weight is 388 g/mol. The Morgan fingerprint density at radius 2 is 1.93 bits per heavy atom. The molecule has 6 nitrogen and oxygen atoms in total. The molecule has 3 rings (SSSR count). The standard InChI is InChI=1S/C20H24N2O4S/c1-14(2)26-20-9-5-4-8-18(20)21-27(24,25)17-10-11-19-16(13-17)7-6-12-22(19)15(3)23/h4-5,8-11,13-14,21H,6-7,12H2,1-3H3. The van der Waals surface area contributed by atoms with Crippen molar-refractivity contribution in [3.05, 3.63) is 48.0 Å². The molecule has 0 saturated heterocycles. The number of carbonyl (C=O) groups is 1. The van der Waals surface area contributed by atoms with E-state index in [1.54, 1.807) is 41.3 Å². The van der Waals surface area contributed by atoms with Gasteiger partial charge >= 0.3 is 0 Å². The molecular formula is C20H24N2O4S. The summed E-state index contributed by atoms with van der Waals surface area (Å²) in [6.45, 7) is 5.95. The van der Waals surface area contributed by atoms with Crippen molar-refractivity contribution in [2.24, 2.45) is 0 Å². The number of hydrogen-bond donors (Lipinski definition) is 1. The fourth-order valence-electron chi connectivity index (χ4n) is 3.18. The lowest BCUT2D eigenvalue weighted by Crippen LogP contribution is -2.33. The molecule has 2 aromatic rings. The van der Waals surface area contributed by atoms with Gasteiger partial charge in [0.1, 0.15) is 5.75 Å². The van der Waals surface area contributed by atoms with Gasteiger partial charge in [-0.05, 0) is 62.6 Å². The van der Waals surface area contributed by atoms with Gasteiger partial charge in [0.25, 0.3) is 10.0 Å². The van der Waals surface area contributed by atoms with E-state index in [-0.39, 0.29) is 16.9 Å². The zero-order valence-electron chi connectivity index (χ0n) is 15.7. The lowest BCUT2D eigenvalue weighted by Gasteiger charge is -2.28. The summed E-state index contributed by atoms with van der Waals surface area (Å²) < 4.78 is 34.1. The number of aryl methyl sites for hydroxylation is 1. The summed E-state index contributed by atoms with van der Waals surface area (Å²) >= 11 is 0. The number of anilines is 2. The lowest BCUT2D eigenvalue weighted by atomic mass is 10.0. The van der Waals surface area contributed by atoms with Gasteiger partial charge in [0.15, 0.2) is 0 Å². The number of nitrogens with one attached hydrogen (secondary N) is 1. The molecule has 1 heterocycles. The first kappa shape index (κ1) is 19.2. The molecule has 1 aliphatic rings. The monoisotopic (exact) mass is 388 g/mol. The molecule has 0 atom stereocenters. The number of ether oxygens (including phenoxy) is 1. The van der Waals surface area contributed by atoms with Gasteiger partial charge in [0, 0.05) is 19.2 Å². The van der Waals surface area contributed by atoms with Crippen molar-refractivity contribution in [2.45, 2.75) is 44.6 Å². The number of para-hydroxylation sites is 2. The van der Waals surface area contributed by atoms with Gasteiger partial charge in [-0.1, -0.05) is 12.1 Å². The van der Waals surface area contributed by atoms with Gasteiger partial charge in [-0.25, -0.2) is 8.42 Å². The van der Waals surface area contributed by atoms with E-state index in [4.69, 9.17) is 4.74 Å². The highest BCUT2D eigenvalue weighted by molar-refractivity contribution is 7.92. The van der Waals surface area contributed by atoms with Crippen LogP contribution in [-0.4, -0.2) is 27.0 Å². The Kier molecular flexibility index (Phi) is 5.41. The van der Waals surface area contributed by atoms with Crippen LogP contribution in [0, 0.1) is 0 Å². The highest BCUT2D eigenvalue weighted by Crippen LogP contribution is 2.32. The molecule has 0 bridgehead atoms. The minimum Gasteiger partial charge on any atom is -0.489 e. The summed E-state index contributed by atoms with van der Waals surface area (Å²) in [6.07, 6.45) is 1.49. The third-order valence-electron chi connectivity index (χ3n) is 4.35. The van der Waals surface area contributed by atoms with Gasteiger partial charge in [-0.15, -0.1) is 0 Å². The van der Waals surface area contributed by atoms with Crippen molar-refractivity contribution in [1.29, 1.82) is 0 Å². The Hall–Kier alpha value is -2.54. The largest absolute Gasteiger partial charge is 0.489 e. The van der Waals surface area contributed by atoms with Gasteiger partial charge in [0.2, 0.25) is 5.91 Å². The number of carbonyl (C=O) groups excluding carboxylic acids is 1. The van der Waals surface area contributed by atoms with Crippen molar-refractivity contribution >= 4 is 27.3 Å². The van der Waals surface area contributed by atoms with Crippen LogP contribution in [0.15, 0.2) is 47.4 Å². The number of sulfonamides is 1. The van der Waals surface area contributed by atoms with Crippen LogP contribution >= 0.6 is 0 Å². The highest BCUT2D eigenvalue weighted by Gasteiger charge is 2.23. The van der Waals surface area contributed by atoms with Crippen LogP contribution in [0.3, 0.4) is 0 Å². The van der Waals surface area contributed by atoms with Crippen molar-refractivity contribution < 1.29 is 17.9 Å². The van der Waals surface area contributed by atoms with Crippen LogP contribution in [0.4, 0.5) is 11.4 Å². The molecular weight excluding hydrogens is 364 g/mol. The zero-order valence-corrected chi connectivity index (χ0v) is 16.5. The van der Waals surface area contributed by atoms with Crippen molar-refractivity contribution in [2.75, 3.05) is 16.2 Å². The van der Waals surface area contributed by atoms with E-state index in [0.29, 0.717) is 18.0 Å². The fourth-order valence-corrected chi connectivity index (χ4v) is 4.30. The van der Waals surface area contributed by atoms with Crippen LogP contribution in [0.2, 0.25) is 0 Å². The summed E-state index contributed by atoms with van der Waals surface area (Å²) in [4.78, 5) is 13.7. The van der Waals surface area contributed by atoms with Crippen LogP contribution in [0.5, 0.6) is 5.75 Å². The van der Waals surface area contributed by atoms with Crippen molar-refractivity contribution in [1.82, 2.24) is 0 Å². The van der Waals surface area contributed by atoms with Crippen LogP contribution in [0.25, 0.3) is 0 Å². The maximum Gasteiger partial charge on any atom is 0.262 e. The SMILES string of the molecule is CC(=O)N1CCCc2cc(S(=O)(=O)Nc3ccccc3OC(C)C)ccc21. The minimum atomic E-state index is -3.78. The van der Waals surface area contributed by atoms with Crippen LogP contribution in [0.1, 0.15) is 32.8 Å². The zero-order chi connectivity index (χ0) is 19.6. The van der Waals surface area contributed by atoms with E-state index in [9.17, 15) is 13.2 Å². The molecule has 1 N–H and O–H groups in total. The van der Waals surface area contributed by atoms with E-state index in [2.05, 4.69) is 4.72 Å². The first-order valence-electron chi connectivity index (χ1n) is 8.97. The van der Waals surface area contributed by atoms with E-state index in [1.165, 1.54) is 13.0 Å². The van der Waals surface area contributed by atoms with Crippen LogP contribution in [-0.2, 0) is 21.2 Å². The number of fused-ring (bicyclic) bond motifs is 1. The Morgan fingerprint density at radius 3 is 2.63 bits per heavy atom. The highest BCUT2D eigenvalue weighted by atomic mass is 32.2. The molecule has 0 unspecified atom stereocenters. The molecule has 7 heteroatoms. The molecule has 0 saturated carbocycles. The number of benzene rings is 2. The smallest absolute Gasteiger partial charge is 0.262 e. The molecule has 144 valence electrons. The van der Waals surface area contributed by atoms with Crippen molar-refractivity contribution in [3.63, 3.8) is 0 Å². The molecule has 0 radical (unpaired) electrons. The first-order chi connectivity index (χ1) is 12.8. The first-order valence-corrected chi connectivity index (χ1v) is 10.5. The predicted molar refractivity (Wildman–Crippen MR) is 106 cm³/mol. The second-order valence-corrected chi connectivity index (χ2v) is 8.52. The Morgan fingerprint density at radius 1 is 1.19 bits per heavy atom. The van der Waals surface area contributed by atoms with Gasteiger partial charge in [-0.2, -0.15) is 0 Å². The van der Waals surface area contributed by atoms with E-state index < -0.39 is 10.0 Å². The average Bonchev–Trinajstić information content (AvgIpc) is 2.61. The molecule has 0 fully saturated rings. The third-order valence-corrected chi connectivity index (χ3v) is 5.72. The van der Waals surface area contributed by atoms with Gasteiger partial charge < -0.3 is 9.64 Å². The number of hydrogen-bond acceptors (Lipinski definition) is 4. The molecule has 2 aromatic carbocycles. The number of amides is 1. The maximum absolute atomic E-state index is 12.9. The Labute approximate surface area is 160 Å². The molecule has 0 aromatic heterocycles. The third kappa shape index (κ3) is 4.24. The topological polar surface area (TPSA) is 75.7 Å². The number of nitrogens with zero attached hydrogens (tertiary/aromatic N) is 1. The second kappa shape index (κ2) is 7.60.